The molecular formula is C15H21ClO2. The van der Waals surface area contributed by atoms with E-state index in [-0.39, 0.29) is 12.5 Å². The highest BCUT2D eigenvalue weighted by molar-refractivity contribution is 6.18. The van der Waals surface area contributed by atoms with E-state index in [1.807, 2.05) is 12.1 Å². The Labute approximate surface area is 114 Å². The minimum Gasteiger partial charge on any atom is -0.491 e. The number of ether oxygens (including phenoxy) is 1. The molecule has 0 aromatic heterocycles. The predicted octanol–water partition coefficient (Wildman–Crippen LogP) is 3.71. The van der Waals surface area contributed by atoms with Crippen LogP contribution in [0.25, 0.3) is 0 Å². The fraction of sp³-hybridized carbons (Fsp3) is 0.600. The van der Waals surface area contributed by atoms with Crippen LogP contribution in [-0.2, 0) is 0 Å². The number of halogens is 1. The van der Waals surface area contributed by atoms with Gasteiger partial charge in [-0.3, -0.25) is 0 Å². The molecule has 3 heteroatoms. The number of hydrogen-bond acceptors (Lipinski definition) is 2. The molecular weight excluding hydrogens is 248 g/mol. The fourth-order valence-electron chi connectivity index (χ4n) is 2.59. The number of para-hydroxylation sites is 1. The van der Waals surface area contributed by atoms with Gasteiger partial charge in [0.25, 0.3) is 0 Å². The summed E-state index contributed by atoms with van der Waals surface area (Å²) in [5, 5.41) is 9.46. The summed E-state index contributed by atoms with van der Waals surface area (Å²) in [5.41, 5.74) is 1.29. The molecule has 1 atom stereocenters. The van der Waals surface area contributed by atoms with Crippen LogP contribution >= 0.6 is 11.6 Å². The highest BCUT2D eigenvalue weighted by Crippen LogP contribution is 2.37. The van der Waals surface area contributed by atoms with Gasteiger partial charge in [-0.05, 0) is 30.4 Å². The third-order valence-corrected chi connectivity index (χ3v) is 3.93. The molecule has 1 aliphatic carbocycles. The zero-order valence-corrected chi connectivity index (χ0v) is 11.4. The van der Waals surface area contributed by atoms with Crippen molar-refractivity contribution in [1.82, 2.24) is 0 Å². The molecule has 1 aromatic rings. The summed E-state index contributed by atoms with van der Waals surface area (Å²) in [7, 11) is 0. The Balaban J connectivity index is 2.04. The largest absolute Gasteiger partial charge is 0.491 e. The van der Waals surface area contributed by atoms with Gasteiger partial charge in [-0.25, -0.2) is 0 Å². The van der Waals surface area contributed by atoms with Gasteiger partial charge < -0.3 is 9.84 Å². The van der Waals surface area contributed by atoms with Crippen LogP contribution in [0, 0.1) is 0 Å². The number of aliphatic hydroxyl groups is 1. The molecule has 100 valence electrons. The van der Waals surface area contributed by atoms with Crippen molar-refractivity contribution in [3.8, 4) is 5.75 Å². The lowest BCUT2D eigenvalue weighted by molar-refractivity contribution is 0.124. The van der Waals surface area contributed by atoms with E-state index in [0.717, 1.165) is 5.75 Å². The Bertz CT molecular complexity index is 361. The Morgan fingerprint density at radius 2 is 1.94 bits per heavy atom. The Morgan fingerprint density at radius 3 is 2.67 bits per heavy atom. The summed E-state index contributed by atoms with van der Waals surface area (Å²) >= 11 is 5.58. The maximum Gasteiger partial charge on any atom is 0.122 e. The SMILES string of the molecule is OC(CCl)COc1ccccc1C1CCCCC1. The van der Waals surface area contributed by atoms with E-state index in [4.69, 9.17) is 16.3 Å². The highest BCUT2D eigenvalue weighted by atomic mass is 35.5. The topological polar surface area (TPSA) is 29.5 Å². The first kappa shape index (κ1) is 13.7. The first-order valence-electron chi connectivity index (χ1n) is 6.77. The first-order chi connectivity index (χ1) is 8.81. The van der Waals surface area contributed by atoms with Crippen molar-refractivity contribution in [3.63, 3.8) is 0 Å². The maximum atomic E-state index is 9.46. The molecule has 0 radical (unpaired) electrons. The third-order valence-electron chi connectivity index (χ3n) is 3.57. The molecule has 1 saturated carbocycles. The van der Waals surface area contributed by atoms with Crippen molar-refractivity contribution in [2.45, 2.75) is 44.1 Å². The minimum absolute atomic E-state index is 0.214. The summed E-state index contributed by atoms with van der Waals surface area (Å²) in [6, 6.07) is 8.19. The van der Waals surface area contributed by atoms with Gasteiger partial charge in [-0.2, -0.15) is 0 Å². The predicted molar refractivity (Wildman–Crippen MR) is 74.5 cm³/mol. The van der Waals surface area contributed by atoms with E-state index in [0.29, 0.717) is 5.92 Å². The molecule has 18 heavy (non-hydrogen) atoms. The quantitative estimate of drug-likeness (QED) is 0.825. The average molecular weight is 269 g/mol. The van der Waals surface area contributed by atoms with E-state index in [2.05, 4.69) is 12.1 Å². The van der Waals surface area contributed by atoms with Gasteiger partial charge in [0.15, 0.2) is 0 Å². The molecule has 0 spiro atoms. The lowest BCUT2D eigenvalue weighted by atomic mass is 9.84. The zero-order chi connectivity index (χ0) is 12.8. The van der Waals surface area contributed by atoms with Crippen molar-refractivity contribution in [2.24, 2.45) is 0 Å². The van der Waals surface area contributed by atoms with Crippen LogP contribution in [0.1, 0.15) is 43.6 Å². The number of aliphatic hydroxyl groups excluding tert-OH is 1. The van der Waals surface area contributed by atoms with E-state index >= 15 is 0 Å². The molecule has 1 N–H and O–H groups in total. The fourth-order valence-corrected chi connectivity index (χ4v) is 2.68. The number of hydrogen-bond donors (Lipinski definition) is 1. The van der Waals surface area contributed by atoms with Gasteiger partial charge in [0, 0.05) is 0 Å². The Morgan fingerprint density at radius 1 is 1.22 bits per heavy atom. The van der Waals surface area contributed by atoms with Crippen LogP contribution in [0.15, 0.2) is 24.3 Å². The summed E-state index contributed by atoms with van der Waals surface area (Å²) < 4.78 is 5.71. The standard InChI is InChI=1S/C15H21ClO2/c16-10-13(17)11-18-15-9-5-4-8-14(15)12-6-2-1-3-7-12/h4-5,8-9,12-13,17H,1-3,6-7,10-11H2. The molecule has 0 saturated heterocycles. The van der Waals surface area contributed by atoms with Crippen LogP contribution < -0.4 is 4.74 Å². The maximum absolute atomic E-state index is 9.46. The lowest BCUT2D eigenvalue weighted by Crippen LogP contribution is -2.19. The Kier molecular flexibility index (Phi) is 5.33. The summed E-state index contributed by atoms with van der Waals surface area (Å²) in [4.78, 5) is 0. The molecule has 1 aliphatic rings. The summed E-state index contributed by atoms with van der Waals surface area (Å²) in [6.07, 6.45) is 5.87. The van der Waals surface area contributed by atoms with E-state index < -0.39 is 6.10 Å². The molecule has 0 heterocycles. The summed E-state index contributed by atoms with van der Waals surface area (Å²) in [6.45, 7) is 0.271. The smallest absolute Gasteiger partial charge is 0.122 e. The molecule has 1 fully saturated rings. The van der Waals surface area contributed by atoms with Gasteiger partial charge in [-0.1, -0.05) is 37.5 Å². The number of benzene rings is 1. The van der Waals surface area contributed by atoms with Crippen molar-refractivity contribution >= 4 is 11.6 Å². The van der Waals surface area contributed by atoms with Gasteiger partial charge in [-0.15, -0.1) is 11.6 Å². The van der Waals surface area contributed by atoms with Crippen LogP contribution in [0.2, 0.25) is 0 Å². The molecule has 1 unspecified atom stereocenters. The zero-order valence-electron chi connectivity index (χ0n) is 10.6. The number of rotatable bonds is 5. The second-order valence-corrected chi connectivity index (χ2v) is 5.30. The van der Waals surface area contributed by atoms with E-state index in [1.54, 1.807) is 0 Å². The number of alkyl halides is 1. The molecule has 0 aliphatic heterocycles. The molecule has 1 aromatic carbocycles. The van der Waals surface area contributed by atoms with Crippen molar-refractivity contribution in [1.29, 1.82) is 0 Å². The van der Waals surface area contributed by atoms with Crippen LogP contribution in [-0.4, -0.2) is 23.7 Å². The van der Waals surface area contributed by atoms with Crippen molar-refractivity contribution in [3.05, 3.63) is 29.8 Å². The van der Waals surface area contributed by atoms with Gasteiger partial charge in [0.2, 0.25) is 0 Å². The monoisotopic (exact) mass is 268 g/mol. The average Bonchev–Trinajstić information content (AvgIpc) is 2.46. The molecule has 2 rings (SSSR count). The van der Waals surface area contributed by atoms with Crippen LogP contribution in [0.4, 0.5) is 0 Å². The molecule has 0 amide bonds. The third kappa shape index (κ3) is 3.63. The first-order valence-corrected chi connectivity index (χ1v) is 7.30. The lowest BCUT2D eigenvalue weighted by Gasteiger charge is -2.24. The van der Waals surface area contributed by atoms with E-state index in [9.17, 15) is 5.11 Å². The van der Waals surface area contributed by atoms with Crippen LogP contribution in [0.5, 0.6) is 5.75 Å². The minimum atomic E-state index is -0.592. The van der Waals surface area contributed by atoms with Crippen molar-refractivity contribution in [2.75, 3.05) is 12.5 Å². The second-order valence-electron chi connectivity index (χ2n) is 4.99. The highest BCUT2D eigenvalue weighted by Gasteiger charge is 2.19. The van der Waals surface area contributed by atoms with Crippen molar-refractivity contribution < 1.29 is 9.84 Å². The van der Waals surface area contributed by atoms with E-state index in [1.165, 1.54) is 37.7 Å². The Hall–Kier alpha value is -0.730. The van der Waals surface area contributed by atoms with Gasteiger partial charge in [0.1, 0.15) is 18.5 Å². The van der Waals surface area contributed by atoms with Gasteiger partial charge >= 0.3 is 0 Å². The van der Waals surface area contributed by atoms with Gasteiger partial charge in [0.05, 0.1) is 5.88 Å². The molecule has 0 bridgehead atoms. The second kappa shape index (κ2) is 7.01. The van der Waals surface area contributed by atoms with Crippen LogP contribution in [0.3, 0.4) is 0 Å². The molecule has 2 nitrogen and oxygen atoms in total. The normalized spacial score (nSPS) is 18.6. The summed E-state index contributed by atoms with van der Waals surface area (Å²) in [5.74, 6) is 1.74.